The molecule has 20 heavy (non-hydrogen) atoms. The van der Waals surface area contributed by atoms with Gasteiger partial charge in [0.15, 0.2) is 0 Å². The Bertz CT molecular complexity index is 583. The summed E-state index contributed by atoms with van der Waals surface area (Å²) in [5, 5.41) is 11.6. The molecule has 0 aliphatic carbocycles. The van der Waals surface area contributed by atoms with Crippen LogP contribution in [0.1, 0.15) is 34.7 Å². The average molecular weight is 277 g/mol. The van der Waals surface area contributed by atoms with Crippen molar-refractivity contribution in [3.63, 3.8) is 0 Å². The van der Waals surface area contributed by atoms with Crippen molar-refractivity contribution in [3.05, 3.63) is 29.6 Å². The molecular weight excluding hydrogens is 262 g/mol. The highest BCUT2D eigenvalue weighted by atomic mass is 16.4. The first-order valence-corrected chi connectivity index (χ1v) is 6.13. The third-order valence-electron chi connectivity index (χ3n) is 3.32. The Morgan fingerprint density at radius 1 is 1.45 bits per heavy atom. The lowest BCUT2D eigenvalue weighted by Gasteiger charge is -2.40. The van der Waals surface area contributed by atoms with Gasteiger partial charge in [-0.3, -0.25) is 14.6 Å². The molecule has 1 aromatic rings. The van der Waals surface area contributed by atoms with Crippen molar-refractivity contribution in [2.45, 2.75) is 19.4 Å². The lowest BCUT2D eigenvalue weighted by molar-refractivity contribution is -0.133. The number of nitrogens with zero attached hydrogens (tertiary/aromatic N) is 2. The van der Waals surface area contributed by atoms with Gasteiger partial charge in [0.2, 0.25) is 5.91 Å². The van der Waals surface area contributed by atoms with Crippen LogP contribution in [-0.2, 0) is 4.79 Å². The molecule has 1 aromatic heterocycles. The summed E-state index contributed by atoms with van der Waals surface area (Å²) >= 11 is 0. The van der Waals surface area contributed by atoms with E-state index >= 15 is 0 Å². The Morgan fingerprint density at radius 3 is 2.80 bits per heavy atom. The van der Waals surface area contributed by atoms with Crippen molar-refractivity contribution in [1.82, 2.24) is 15.2 Å². The van der Waals surface area contributed by atoms with Crippen LogP contribution in [0.15, 0.2) is 18.3 Å². The van der Waals surface area contributed by atoms with E-state index in [4.69, 9.17) is 5.11 Å². The highest BCUT2D eigenvalue weighted by molar-refractivity contribution is 6.00. The van der Waals surface area contributed by atoms with Gasteiger partial charge in [-0.2, -0.15) is 0 Å². The van der Waals surface area contributed by atoms with Gasteiger partial charge in [-0.15, -0.1) is 0 Å². The molecule has 1 saturated heterocycles. The number of carbonyl (C=O) groups is 3. The summed E-state index contributed by atoms with van der Waals surface area (Å²) in [5.41, 5.74) is -0.980. The summed E-state index contributed by atoms with van der Waals surface area (Å²) < 4.78 is 0. The second kappa shape index (κ2) is 4.92. The second-order valence-corrected chi connectivity index (χ2v) is 5.01. The first-order valence-electron chi connectivity index (χ1n) is 6.13. The number of hydrogen-bond acceptors (Lipinski definition) is 4. The summed E-state index contributed by atoms with van der Waals surface area (Å²) in [6.07, 6.45) is 1.27. The van der Waals surface area contributed by atoms with Gasteiger partial charge in [-0.1, -0.05) is 0 Å². The fourth-order valence-corrected chi connectivity index (χ4v) is 2.07. The molecule has 2 heterocycles. The van der Waals surface area contributed by atoms with Crippen molar-refractivity contribution in [2.75, 3.05) is 13.1 Å². The van der Waals surface area contributed by atoms with Gasteiger partial charge in [0, 0.05) is 19.3 Å². The lowest BCUT2D eigenvalue weighted by atomic mass is 9.98. The van der Waals surface area contributed by atoms with Crippen molar-refractivity contribution >= 4 is 17.8 Å². The molecule has 106 valence electrons. The largest absolute Gasteiger partial charge is 0.478 e. The Morgan fingerprint density at radius 2 is 2.15 bits per heavy atom. The normalized spacial score (nSPS) is 17.5. The van der Waals surface area contributed by atoms with Gasteiger partial charge >= 0.3 is 5.97 Å². The standard InChI is InChI=1S/C13H15N3O4/c1-13(2)12(20)15-5-6-16(13)10(17)9-7-8(11(18)19)3-4-14-9/h3-4,7H,5-6H2,1-2H3,(H,15,20)(H,18,19). The predicted molar refractivity (Wildman–Crippen MR) is 69.3 cm³/mol. The number of hydrogen-bond donors (Lipinski definition) is 2. The molecule has 2 rings (SSSR count). The minimum absolute atomic E-state index is 0.0115. The highest BCUT2D eigenvalue weighted by Gasteiger charge is 2.41. The van der Waals surface area contributed by atoms with Crippen molar-refractivity contribution in [3.8, 4) is 0 Å². The maximum atomic E-state index is 12.4. The molecule has 0 atom stereocenters. The Labute approximate surface area is 115 Å². The Kier molecular flexibility index (Phi) is 3.44. The molecule has 2 amide bonds. The van der Waals surface area contributed by atoms with Crippen LogP contribution in [0.2, 0.25) is 0 Å². The SMILES string of the molecule is CC1(C)C(=O)NCCN1C(=O)c1cc(C(=O)O)ccn1. The van der Waals surface area contributed by atoms with E-state index < -0.39 is 17.4 Å². The number of aromatic nitrogens is 1. The summed E-state index contributed by atoms with van der Waals surface area (Å²) in [7, 11) is 0. The number of carboxylic acid groups (broad SMARTS) is 1. The molecule has 1 aliphatic rings. The van der Waals surface area contributed by atoms with Gasteiger partial charge in [-0.05, 0) is 26.0 Å². The molecule has 0 aromatic carbocycles. The molecule has 7 nitrogen and oxygen atoms in total. The Balaban J connectivity index is 2.33. The van der Waals surface area contributed by atoms with Crippen molar-refractivity contribution < 1.29 is 19.5 Å². The van der Waals surface area contributed by atoms with Crippen LogP contribution in [-0.4, -0.2) is 51.4 Å². The number of aromatic carboxylic acids is 1. The molecule has 0 bridgehead atoms. The third kappa shape index (κ3) is 2.34. The molecule has 0 unspecified atom stereocenters. The quantitative estimate of drug-likeness (QED) is 0.800. The maximum absolute atomic E-state index is 12.4. The van der Waals surface area contributed by atoms with E-state index in [-0.39, 0.29) is 17.2 Å². The Hall–Kier alpha value is -2.44. The first kappa shape index (κ1) is 14.0. The van der Waals surface area contributed by atoms with Crippen molar-refractivity contribution in [1.29, 1.82) is 0 Å². The number of carboxylic acids is 1. The van der Waals surface area contributed by atoms with E-state index in [0.717, 1.165) is 0 Å². The van der Waals surface area contributed by atoms with E-state index in [1.807, 2.05) is 0 Å². The van der Waals surface area contributed by atoms with Crippen LogP contribution in [0.5, 0.6) is 0 Å². The molecule has 2 N–H and O–H groups in total. The zero-order chi connectivity index (χ0) is 14.9. The zero-order valence-electron chi connectivity index (χ0n) is 11.2. The summed E-state index contributed by atoms with van der Waals surface area (Å²) in [5.74, 6) is -1.82. The minimum Gasteiger partial charge on any atom is -0.478 e. The fraction of sp³-hybridized carbons (Fsp3) is 0.385. The highest BCUT2D eigenvalue weighted by Crippen LogP contribution is 2.20. The first-order chi connectivity index (χ1) is 9.34. The van der Waals surface area contributed by atoms with E-state index in [1.165, 1.54) is 23.2 Å². The minimum atomic E-state index is -1.13. The van der Waals surface area contributed by atoms with E-state index in [0.29, 0.717) is 13.1 Å². The zero-order valence-corrected chi connectivity index (χ0v) is 11.2. The molecule has 0 spiro atoms. The summed E-state index contributed by atoms with van der Waals surface area (Å²) in [6.45, 7) is 4.00. The van der Waals surface area contributed by atoms with Crippen molar-refractivity contribution in [2.24, 2.45) is 0 Å². The summed E-state index contributed by atoms with van der Waals surface area (Å²) in [4.78, 5) is 40.5. The topological polar surface area (TPSA) is 99.6 Å². The molecule has 1 fully saturated rings. The third-order valence-corrected chi connectivity index (χ3v) is 3.32. The van der Waals surface area contributed by atoms with Gasteiger partial charge in [0.1, 0.15) is 11.2 Å². The van der Waals surface area contributed by atoms with Gasteiger partial charge < -0.3 is 15.3 Å². The number of amides is 2. The molecular formula is C13H15N3O4. The van der Waals surface area contributed by atoms with Crippen LogP contribution in [0.3, 0.4) is 0 Å². The predicted octanol–water partition coefficient (Wildman–Crippen LogP) is 0.130. The molecule has 1 aliphatic heterocycles. The molecule has 7 heteroatoms. The van der Waals surface area contributed by atoms with E-state index in [2.05, 4.69) is 10.3 Å². The van der Waals surface area contributed by atoms with E-state index in [1.54, 1.807) is 13.8 Å². The second-order valence-electron chi connectivity index (χ2n) is 5.01. The van der Waals surface area contributed by atoms with Crippen LogP contribution >= 0.6 is 0 Å². The number of carbonyl (C=O) groups excluding carboxylic acids is 2. The van der Waals surface area contributed by atoms with Crippen LogP contribution < -0.4 is 5.32 Å². The fourth-order valence-electron chi connectivity index (χ4n) is 2.07. The number of piperazine rings is 1. The number of nitrogens with one attached hydrogen (secondary N) is 1. The van der Waals surface area contributed by atoms with Crippen LogP contribution in [0, 0.1) is 0 Å². The smallest absolute Gasteiger partial charge is 0.335 e. The lowest BCUT2D eigenvalue weighted by Crippen LogP contribution is -2.63. The summed E-state index contributed by atoms with van der Waals surface area (Å²) in [6, 6.07) is 2.53. The van der Waals surface area contributed by atoms with Gasteiger partial charge in [0.05, 0.1) is 5.56 Å². The van der Waals surface area contributed by atoms with E-state index in [9.17, 15) is 14.4 Å². The van der Waals surface area contributed by atoms with Crippen LogP contribution in [0.25, 0.3) is 0 Å². The van der Waals surface area contributed by atoms with Gasteiger partial charge in [-0.25, -0.2) is 4.79 Å². The van der Waals surface area contributed by atoms with Gasteiger partial charge in [0.25, 0.3) is 5.91 Å². The number of rotatable bonds is 2. The molecule has 0 saturated carbocycles. The maximum Gasteiger partial charge on any atom is 0.335 e. The molecule has 0 radical (unpaired) electrons. The van der Waals surface area contributed by atoms with Crippen LogP contribution in [0.4, 0.5) is 0 Å². The number of pyridine rings is 1. The monoisotopic (exact) mass is 277 g/mol. The average Bonchev–Trinajstić information content (AvgIpc) is 2.41.